The van der Waals surface area contributed by atoms with Crippen LogP contribution in [-0.4, -0.2) is 46.0 Å². The third kappa shape index (κ3) is 3.19. The highest BCUT2D eigenvalue weighted by Gasteiger charge is 2.21. The second kappa shape index (κ2) is 7.43. The van der Waals surface area contributed by atoms with E-state index >= 15 is 0 Å². The van der Waals surface area contributed by atoms with Gasteiger partial charge in [-0.05, 0) is 26.8 Å². The SMILES string of the molecule is CCn1cc(-c2ccnc3c(C(=O)Nc4cn(CC)nc4C(N)=O)cnn23)c(C)n1. The van der Waals surface area contributed by atoms with E-state index in [1.165, 1.54) is 10.9 Å². The Bertz CT molecular complexity index is 1260. The normalized spacial score (nSPS) is 11.2. The lowest BCUT2D eigenvalue weighted by atomic mass is 10.2. The Kier molecular flexibility index (Phi) is 4.78. The number of nitrogens with one attached hydrogen (secondary N) is 1. The molecule has 154 valence electrons. The van der Waals surface area contributed by atoms with Gasteiger partial charge in [-0.1, -0.05) is 0 Å². The standard InChI is InChI=1S/C19H21N9O2/c1-4-26-9-13(11(3)24-26)15-6-7-21-18-12(8-22-28(15)18)19(30)23-14-10-27(5-2)25-16(14)17(20)29/h6-10H,4-5H2,1-3H3,(H2,20,29)(H,23,30). The fourth-order valence-electron chi connectivity index (χ4n) is 3.23. The van der Waals surface area contributed by atoms with Gasteiger partial charge in [0.15, 0.2) is 11.3 Å². The zero-order chi connectivity index (χ0) is 21.4. The third-order valence-corrected chi connectivity index (χ3v) is 4.76. The van der Waals surface area contributed by atoms with Gasteiger partial charge in [-0.15, -0.1) is 0 Å². The Morgan fingerprint density at radius 2 is 1.87 bits per heavy atom. The quantitative estimate of drug-likeness (QED) is 0.497. The van der Waals surface area contributed by atoms with Crippen molar-refractivity contribution in [3.8, 4) is 11.3 Å². The Labute approximate surface area is 171 Å². The second-order valence-electron chi connectivity index (χ2n) is 6.67. The fourth-order valence-corrected chi connectivity index (χ4v) is 3.23. The van der Waals surface area contributed by atoms with E-state index in [4.69, 9.17) is 5.73 Å². The van der Waals surface area contributed by atoms with E-state index in [0.29, 0.717) is 12.2 Å². The summed E-state index contributed by atoms with van der Waals surface area (Å²) < 4.78 is 4.96. The average molecular weight is 407 g/mol. The smallest absolute Gasteiger partial charge is 0.271 e. The van der Waals surface area contributed by atoms with E-state index in [1.54, 1.807) is 16.9 Å². The van der Waals surface area contributed by atoms with Gasteiger partial charge in [0.25, 0.3) is 11.8 Å². The first-order valence-electron chi connectivity index (χ1n) is 9.48. The Balaban J connectivity index is 1.73. The minimum absolute atomic E-state index is 0.00192. The van der Waals surface area contributed by atoms with Gasteiger partial charge in [-0.25, -0.2) is 9.50 Å². The van der Waals surface area contributed by atoms with Crippen LogP contribution >= 0.6 is 0 Å². The van der Waals surface area contributed by atoms with Gasteiger partial charge in [0.2, 0.25) is 0 Å². The number of hydrogen-bond donors (Lipinski definition) is 2. The van der Waals surface area contributed by atoms with Crippen molar-refractivity contribution in [2.45, 2.75) is 33.9 Å². The predicted molar refractivity (Wildman–Crippen MR) is 109 cm³/mol. The van der Waals surface area contributed by atoms with Gasteiger partial charge in [0.1, 0.15) is 5.56 Å². The summed E-state index contributed by atoms with van der Waals surface area (Å²) in [6.07, 6.45) is 6.56. The molecule has 11 heteroatoms. The van der Waals surface area contributed by atoms with Crippen LogP contribution in [0.5, 0.6) is 0 Å². The molecule has 2 amide bonds. The van der Waals surface area contributed by atoms with E-state index < -0.39 is 11.8 Å². The highest BCUT2D eigenvalue weighted by Crippen LogP contribution is 2.24. The lowest BCUT2D eigenvalue weighted by molar-refractivity contribution is 0.0995. The molecule has 0 atom stereocenters. The minimum Gasteiger partial charge on any atom is -0.364 e. The topological polar surface area (TPSA) is 138 Å². The lowest BCUT2D eigenvalue weighted by Crippen LogP contribution is -2.18. The van der Waals surface area contributed by atoms with Gasteiger partial charge in [-0.2, -0.15) is 15.3 Å². The number of carbonyl (C=O) groups is 2. The molecule has 3 N–H and O–H groups in total. The molecule has 0 spiro atoms. The number of fused-ring (bicyclic) bond motifs is 1. The van der Waals surface area contributed by atoms with Crippen LogP contribution in [0.25, 0.3) is 16.9 Å². The van der Waals surface area contributed by atoms with Crippen molar-refractivity contribution < 1.29 is 9.59 Å². The van der Waals surface area contributed by atoms with Crippen LogP contribution in [-0.2, 0) is 13.1 Å². The maximum absolute atomic E-state index is 12.9. The molecule has 0 radical (unpaired) electrons. The summed E-state index contributed by atoms with van der Waals surface area (Å²) in [6, 6.07) is 1.82. The number of aromatic nitrogens is 7. The molecule has 0 aliphatic heterocycles. The van der Waals surface area contributed by atoms with E-state index in [1.807, 2.05) is 37.7 Å². The number of nitrogens with two attached hydrogens (primary N) is 1. The first-order valence-corrected chi connectivity index (χ1v) is 9.48. The number of primary amides is 1. The second-order valence-corrected chi connectivity index (χ2v) is 6.67. The van der Waals surface area contributed by atoms with E-state index in [0.717, 1.165) is 23.5 Å². The Morgan fingerprint density at radius 3 is 2.53 bits per heavy atom. The molecule has 0 fully saturated rings. The summed E-state index contributed by atoms with van der Waals surface area (Å²) in [5, 5.41) is 15.6. The molecular formula is C19H21N9O2. The van der Waals surface area contributed by atoms with Crippen molar-refractivity contribution in [1.29, 1.82) is 0 Å². The largest absolute Gasteiger partial charge is 0.364 e. The number of rotatable bonds is 6. The van der Waals surface area contributed by atoms with Gasteiger partial charge in [-0.3, -0.25) is 19.0 Å². The lowest BCUT2D eigenvalue weighted by Gasteiger charge is -2.05. The molecule has 0 saturated heterocycles. The highest BCUT2D eigenvalue weighted by molar-refractivity contribution is 6.10. The van der Waals surface area contributed by atoms with Gasteiger partial charge in [0, 0.05) is 37.2 Å². The van der Waals surface area contributed by atoms with Crippen molar-refractivity contribution in [2.24, 2.45) is 5.73 Å². The molecule has 0 aliphatic carbocycles. The number of carbonyl (C=O) groups excluding carboxylic acids is 2. The van der Waals surface area contributed by atoms with Crippen LogP contribution < -0.4 is 11.1 Å². The molecular weight excluding hydrogens is 386 g/mol. The molecule has 0 aliphatic rings. The first kappa shape index (κ1) is 19.3. The van der Waals surface area contributed by atoms with Crippen molar-refractivity contribution in [3.63, 3.8) is 0 Å². The molecule has 30 heavy (non-hydrogen) atoms. The Morgan fingerprint density at radius 1 is 1.13 bits per heavy atom. The number of anilines is 1. The monoisotopic (exact) mass is 407 g/mol. The van der Waals surface area contributed by atoms with Crippen LogP contribution in [0.15, 0.2) is 30.9 Å². The van der Waals surface area contributed by atoms with E-state index in [-0.39, 0.29) is 16.9 Å². The summed E-state index contributed by atoms with van der Waals surface area (Å²) >= 11 is 0. The number of amides is 2. The minimum atomic E-state index is -0.721. The van der Waals surface area contributed by atoms with E-state index in [2.05, 4.69) is 25.6 Å². The summed E-state index contributed by atoms with van der Waals surface area (Å²) in [5.74, 6) is -1.19. The van der Waals surface area contributed by atoms with Crippen molar-refractivity contribution >= 4 is 23.1 Å². The molecule has 0 bridgehead atoms. The maximum atomic E-state index is 12.9. The van der Waals surface area contributed by atoms with Gasteiger partial charge < -0.3 is 11.1 Å². The number of hydrogen-bond acceptors (Lipinski definition) is 6. The molecule has 0 aromatic carbocycles. The molecule has 4 aromatic rings. The van der Waals surface area contributed by atoms with Crippen molar-refractivity contribution in [3.05, 3.63) is 47.8 Å². The zero-order valence-corrected chi connectivity index (χ0v) is 16.8. The zero-order valence-electron chi connectivity index (χ0n) is 16.8. The van der Waals surface area contributed by atoms with Crippen LogP contribution in [0.3, 0.4) is 0 Å². The average Bonchev–Trinajstić information content (AvgIpc) is 3.43. The van der Waals surface area contributed by atoms with Crippen molar-refractivity contribution in [2.75, 3.05) is 5.32 Å². The Hall–Kier alpha value is -4.02. The molecule has 0 saturated carbocycles. The van der Waals surface area contributed by atoms with Crippen molar-refractivity contribution in [1.82, 2.24) is 34.2 Å². The predicted octanol–water partition coefficient (Wildman–Crippen LogP) is 1.49. The molecule has 4 heterocycles. The summed E-state index contributed by atoms with van der Waals surface area (Å²) in [7, 11) is 0. The molecule has 0 unspecified atom stereocenters. The molecule has 4 rings (SSSR count). The van der Waals surface area contributed by atoms with Gasteiger partial charge in [0.05, 0.1) is 23.3 Å². The summed E-state index contributed by atoms with van der Waals surface area (Å²) in [5.41, 5.74) is 8.79. The highest BCUT2D eigenvalue weighted by atomic mass is 16.2. The number of nitrogens with zero attached hydrogens (tertiary/aromatic N) is 7. The van der Waals surface area contributed by atoms with Crippen LogP contribution in [0.4, 0.5) is 5.69 Å². The molecule has 11 nitrogen and oxygen atoms in total. The first-order chi connectivity index (χ1) is 14.4. The maximum Gasteiger partial charge on any atom is 0.271 e. The van der Waals surface area contributed by atoms with Crippen LogP contribution in [0.2, 0.25) is 0 Å². The fraction of sp³-hybridized carbons (Fsp3) is 0.263. The number of aryl methyl sites for hydroxylation is 3. The summed E-state index contributed by atoms with van der Waals surface area (Å²) in [4.78, 5) is 28.9. The summed E-state index contributed by atoms with van der Waals surface area (Å²) in [6.45, 7) is 7.07. The van der Waals surface area contributed by atoms with Crippen LogP contribution in [0, 0.1) is 6.92 Å². The third-order valence-electron chi connectivity index (χ3n) is 4.76. The van der Waals surface area contributed by atoms with Gasteiger partial charge >= 0.3 is 0 Å². The molecule has 4 aromatic heterocycles. The van der Waals surface area contributed by atoms with Crippen LogP contribution in [0.1, 0.15) is 40.4 Å². The van der Waals surface area contributed by atoms with E-state index in [9.17, 15) is 9.59 Å².